The first-order valence-corrected chi connectivity index (χ1v) is 12.3. The Kier molecular flexibility index (Phi) is 8.49. The molecule has 1 fully saturated rings. The summed E-state index contributed by atoms with van der Waals surface area (Å²) < 4.78 is 49.4. The zero-order valence-electron chi connectivity index (χ0n) is 19.7. The lowest BCUT2D eigenvalue weighted by Crippen LogP contribution is -2.14. The van der Waals surface area contributed by atoms with Crippen LogP contribution in [-0.2, 0) is 17.6 Å². The molecule has 0 radical (unpaired) electrons. The van der Waals surface area contributed by atoms with Crippen molar-refractivity contribution in [3.8, 4) is 5.75 Å². The Morgan fingerprint density at radius 2 is 1.68 bits per heavy atom. The molecule has 0 atom stereocenters. The van der Waals surface area contributed by atoms with Crippen molar-refractivity contribution in [2.75, 3.05) is 13.7 Å². The van der Waals surface area contributed by atoms with Gasteiger partial charge in [-0.15, -0.1) is 0 Å². The van der Waals surface area contributed by atoms with Crippen molar-refractivity contribution in [3.63, 3.8) is 0 Å². The van der Waals surface area contributed by atoms with Gasteiger partial charge in [0.2, 0.25) is 0 Å². The van der Waals surface area contributed by atoms with Crippen LogP contribution < -0.4 is 4.74 Å². The third-order valence-electron chi connectivity index (χ3n) is 7.17. The van der Waals surface area contributed by atoms with Crippen LogP contribution in [0.15, 0.2) is 54.6 Å². The van der Waals surface area contributed by atoms with Gasteiger partial charge < -0.3 is 9.47 Å². The van der Waals surface area contributed by atoms with E-state index in [4.69, 9.17) is 4.74 Å². The Labute approximate surface area is 200 Å². The van der Waals surface area contributed by atoms with Gasteiger partial charge in [0, 0.05) is 19.1 Å². The van der Waals surface area contributed by atoms with Crippen molar-refractivity contribution in [1.29, 1.82) is 0 Å². The summed E-state index contributed by atoms with van der Waals surface area (Å²) in [7, 11) is 1.76. The zero-order chi connectivity index (χ0) is 23.9. The van der Waals surface area contributed by atoms with Crippen molar-refractivity contribution in [1.82, 2.24) is 0 Å². The number of aryl methyl sites for hydroxylation is 2. The molecule has 2 nitrogen and oxygen atoms in total. The number of ether oxygens (including phenoxy) is 2. The monoisotopic (exact) mass is 470 g/mol. The van der Waals surface area contributed by atoms with Gasteiger partial charge in [-0.25, -0.2) is 4.39 Å². The summed E-state index contributed by atoms with van der Waals surface area (Å²) in [5.41, 5.74) is 2.94. The summed E-state index contributed by atoms with van der Waals surface area (Å²) in [6, 6.07) is 16.6. The highest BCUT2D eigenvalue weighted by Gasteiger charge is 2.22. The fourth-order valence-electron chi connectivity index (χ4n) is 5.22. The predicted molar refractivity (Wildman–Crippen MR) is 130 cm³/mol. The lowest BCUT2D eigenvalue weighted by Gasteiger charge is -2.29. The fourth-order valence-corrected chi connectivity index (χ4v) is 5.22. The van der Waals surface area contributed by atoms with Crippen LogP contribution in [0.4, 0.5) is 13.2 Å². The second-order valence-corrected chi connectivity index (χ2v) is 9.39. The molecule has 1 aliphatic rings. The third-order valence-corrected chi connectivity index (χ3v) is 7.17. The van der Waals surface area contributed by atoms with E-state index in [2.05, 4.69) is 16.9 Å². The van der Waals surface area contributed by atoms with E-state index in [1.807, 2.05) is 18.2 Å². The molecule has 3 aromatic rings. The van der Waals surface area contributed by atoms with Crippen LogP contribution >= 0.6 is 0 Å². The number of hydrogen-bond donors (Lipinski definition) is 0. The highest BCUT2D eigenvalue weighted by molar-refractivity contribution is 5.84. The first-order chi connectivity index (χ1) is 16.5. The van der Waals surface area contributed by atoms with E-state index in [1.165, 1.54) is 49.8 Å². The van der Waals surface area contributed by atoms with Gasteiger partial charge in [-0.2, -0.15) is 8.78 Å². The molecule has 0 amide bonds. The van der Waals surface area contributed by atoms with Crippen molar-refractivity contribution < 1.29 is 22.6 Å². The fraction of sp³-hybridized carbons (Fsp3) is 0.448. The van der Waals surface area contributed by atoms with Crippen molar-refractivity contribution in [2.24, 2.45) is 5.92 Å². The van der Waals surface area contributed by atoms with E-state index in [0.717, 1.165) is 29.9 Å². The molecule has 4 rings (SSSR count). The van der Waals surface area contributed by atoms with Gasteiger partial charge in [0.25, 0.3) is 0 Å². The smallest absolute Gasteiger partial charge is 0.387 e. The molecule has 0 N–H and O–H groups in total. The highest BCUT2D eigenvalue weighted by Crippen LogP contribution is 2.38. The van der Waals surface area contributed by atoms with Crippen LogP contribution in [0.2, 0.25) is 0 Å². The Balaban J connectivity index is 1.37. The van der Waals surface area contributed by atoms with Gasteiger partial charge in [0.15, 0.2) is 0 Å². The number of hydrogen-bond acceptors (Lipinski definition) is 2. The minimum absolute atomic E-state index is 0.131. The molecule has 1 aliphatic carbocycles. The Morgan fingerprint density at radius 3 is 2.38 bits per heavy atom. The van der Waals surface area contributed by atoms with Crippen LogP contribution in [0, 0.1) is 11.7 Å². The molecule has 0 aliphatic heterocycles. The number of halogens is 3. The molecule has 0 unspecified atom stereocenters. The predicted octanol–water partition coefficient (Wildman–Crippen LogP) is 8.07. The molecule has 0 spiro atoms. The minimum atomic E-state index is -2.83. The summed E-state index contributed by atoms with van der Waals surface area (Å²) in [4.78, 5) is 0. The van der Waals surface area contributed by atoms with Crippen LogP contribution in [0.25, 0.3) is 10.8 Å². The van der Waals surface area contributed by atoms with Crippen molar-refractivity contribution in [3.05, 3.63) is 77.1 Å². The Morgan fingerprint density at radius 1 is 0.912 bits per heavy atom. The van der Waals surface area contributed by atoms with E-state index < -0.39 is 6.61 Å². The number of fused-ring (bicyclic) bond motifs is 1. The maximum Gasteiger partial charge on any atom is 0.387 e. The molecule has 5 heteroatoms. The van der Waals surface area contributed by atoms with E-state index in [0.29, 0.717) is 29.7 Å². The number of methoxy groups -OCH3 is 1. The second-order valence-electron chi connectivity index (χ2n) is 9.39. The van der Waals surface area contributed by atoms with E-state index in [-0.39, 0.29) is 11.6 Å². The van der Waals surface area contributed by atoms with Gasteiger partial charge in [-0.1, -0.05) is 42.5 Å². The quantitative estimate of drug-likeness (QED) is 0.279. The SMILES string of the molecule is COCCCC1CCC(c2ccc3c(F)c(CCc4ccc(OC(F)F)cc4)ccc3c2)CC1. The van der Waals surface area contributed by atoms with Crippen LogP contribution in [0.1, 0.15) is 61.1 Å². The lowest BCUT2D eigenvalue weighted by atomic mass is 9.77. The largest absolute Gasteiger partial charge is 0.435 e. The molecule has 3 aromatic carbocycles. The van der Waals surface area contributed by atoms with Crippen molar-refractivity contribution >= 4 is 10.8 Å². The maximum absolute atomic E-state index is 15.2. The topological polar surface area (TPSA) is 18.5 Å². The zero-order valence-corrected chi connectivity index (χ0v) is 19.7. The second kappa shape index (κ2) is 11.7. The van der Waals surface area contributed by atoms with Gasteiger partial charge in [0.1, 0.15) is 11.6 Å². The van der Waals surface area contributed by atoms with Gasteiger partial charge in [0.05, 0.1) is 0 Å². The third kappa shape index (κ3) is 6.32. The Hall–Kier alpha value is -2.53. The summed E-state index contributed by atoms with van der Waals surface area (Å²) in [6.07, 6.45) is 8.48. The van der Waals surface area contributed by atoms with Crippen LogP contribution in [-0.4, -0.2) is 20.3 Å². The first-order valence-electron chi connectivity index (χ1n) is 12.3. The summed E-state index contributed by atoms with van der Waals surface area (Å²) in [5.74, 6) is 1.33. The Bertz CT molecular complexity index is 1060. The molecule has 1 saturated carbocycles. The van der Waals surface area contributed by atoms with Crippen molar-refractivity contribution in [2.45, 2.75) is 63.9 Å². The van der Waals surface area contributed by atoms with Gasteiger partial charge in [-0.3, -0.25) is 0 Å². The maximum atomic E-state index is 15.2. The lowest BCUT2D eigenvalue weighted by molar-refractivity contribution is -0.0498. The average molecular weight is 471 g/mol. The van der Waals surface area contributed by atoms with E-state index in [1.54, 1.807) is 19.2 Å². The van der Waals surface area contributed by atoms with Gasteiger partial charge >= 0.3 is 6.61 Å². The molecule has 0 aromatic heterocycles. The van der Waals surface area contributed by atoms with Crippen LogP contribution in [0.3, 0.4) is 0 Å². The standard InChI is InChI=1S/C29H33F3O2/c1-33-18-2-3-20-4-9-22(10-5-20)24-14-17-27-25(19-24)13-12-23(28(27)30)11-6-21-7-15-26(16-8-21)34-29(31)32/h7-8,12-17,19-20,22,29H,2-6,9-11,18H2,1H3. The normalized spacial score (nSPS) is 18.5. The minimum Gasteiger partial charge on any atom is -0.435 e. The molecule has 0 saturated heterocycles. The molecule has 34 heavy (non-hydrogen) atoms. The number of benzene rings is 3. The molecular formula is C29H33F3O2. The van der Waals surface area contributed by atoms with Gasteiger partial charge in [-0.05, 0) is 97.4 Å². The molecule has 182 valence electrons. The number of alkyl halides is 2. The highest BCUT2D eigenvalue weighted by atomic mass is 19.3. The summed E-state index contributed by atoms with van der Waals surface area (Å²) in [6.45, 7) is -1.99. The molecular weight excluding hydrogens is 437 g/mol. The van der Waals surface area contributed by atoms with Crippen LogP contribution in [0.5, 0.6) is 5.75 Å². The number of rotatable bonds is 10. The summed E-state index contributed by atoms with van der Waals surface area (Å²) >= 11 is 0. The van der Waals surface area contributed by atoms with E-state index >= 15 is 4.39 Å². The molecule has 0 bridgehead atoms. The first kappa shape index (κ1) is 24.6. The average Bonchev–Trinajstić information content (AvgIpc) is 2.85. The van der Waals surface area contributed by atoms with E-state index in [9.17, 15) is 8.78 Å². The molecule has 0 heterocycles. The summed E-state index contributed by atoms with van der Waals surface area (Å²) in [5, 5.41) is 1.62.